The van der Waals surface area contributed by atoms with E-state index >= 15 is 0 Å². The smallest absolute Gasteiger partial charge is 0.247 e. The molecule has 0 amide bonds. The van der Waals surface area contributed by atoms with Crippen molar-refractivity contribution in [3.8, 4) is 10.7 Å². The first-order chi connectivity index (χ1) is 9.17. The Balaban J connectivity index is 1.87. The van der Waals surface area contributed by atoms with E-state index in [1.807, 2.05) is 11.4 Å². The molecule has 0 aromatic carbocycles. The molecular formula is C13H16BrN3OS. The Morgan fingerprint density at radius 2 is 2.00 bits per heavy atom. The van der Waals surface area contributed by atoms with Crippen LogP contribution in [0.25, 0.3) is 10.7 Å². The van der Waals surface area contributed by atoms with Crippen molar-refractivity contribution in [1.29, 1.82) is 0 Å². The molecule has 0 bridgehead atoms. The minimum atomic E-state index is -0.434. The second-order valence-electron chi connectivity index (χ2n) is 5.12. The van der Waals surface area contributed by atoms with E-state index in [0.29, 0.717) is 11.7 Å². The van der Waals surface area contributed by atoms with E-state index in [4.69, 9.17) is 10.3 Å². The van der Waals surface area contributed by atoms with Crippen LogP contribution in [-0.4, -0.2) is 10.1 Å². The van der Waals surface area contributed by atoms with Crippen molar-refractivity contribution in [2.45, 2.75) is 44.1 Å². The molecule has 2 N–H and O–H groups in total. The van der Waals surface area contributed by atoms with Crippen molar-refractivity contribution in [1.82, 2.24) is 10.1 Å². The van der Waals surface area contributed by atoms with Gasteiger partial charge in [-0.1, -0.05) is 30.8 Å². The van der Waals surface area contributed by atoms with E-state index in [9.17, 15) is 0 Å². The highest BCUT2D eigenvalue weighted by atomic mass is 79.9. The lowest BCUT2D eigenvalue weighted by Gasteiger charge is -2.22. The van der Waals surface area contributed by atoms with Gasteiger partial charge in [-0.25, -0.2) is 0 Å². The van der Waals surface area contributed by atoms with Crippen LogP contribution in [0.15, 0.2) is 20.4 Å². The zero-order valence-electron chi connectivity index (χ0n) is 10.6. The molecule has 3 rings (SSSR count). The number of hydrogen-bond acceptors (Lipinski definition) is 5. The Morgan fingerprint density at radius 3 is 2.63 bits per heavy atom. The van der Waals surface area contributed by atoms with Gasteiger partial charge in [0.1, 0.15) is 0 Å². The van der Waals surface area contributed by atoms with Crippen LogP contribution in [0.4, 0.5) is 0 Å². The molecule has 1 fully saturated rings. The molecule has 4 nitrogen and oxygen atoms in total. The van der Waals surface area contributed by atoms with Crippen LogP contribution in [0.2, 0.25) is 0 Å². The predicted molar refractivity (Wildman–Crippen MR) is 78.9 cm³/mol. The lowest BCUT2D eigenvalue weighted by Crippen LogP contribution is -2.36. The van der Waals surface area contributed by atoms with Crippen molar-refractivity contribution in [3.05, 3.63) is 21.8 Å². The molecule has 1 aliphatic rings. The summed E-state index contributed by atoms with van der Waals surface area (Å²) >= 11 is 5.03. The first-order valence-electron chi connectivity index (χ1n) is 6.55. The minimum Gasteiger partial charge on any atom is -0.337 e. The van der Waals surface area contributed by atoms with Crippen LogP contribution in [-0.2, 0) is 5.54 Å². The molecule has 19 heavy (non-hydrogen) atoms. The third kappa shape index (κ3) is 2.75. The molecule has 1 saturated carbocycles. The van der Waals surface area contributed by atoms with Crippen molar-refractivity contribution in [2.24, 2.45) is 5.73 Å². The van der Waals surface area contributed by atoms with Gasteiger partial charge in [-0.05, 0) is 34.8 Å². The number of aromatic nitrogens is 2. The summed E-state index contributed by atoms with van der Waals surface area (Å²) in [4.78, 5) is 5.52. The zero-order valence-corrected chi connectivity index (χ0v) is 13.0. The molecule has 1 aliphatic carbocycles. The lowest BCUT2D eigenvalue weighted by atomic mass is 9.91. The number of nitrogens with zero attached hydrogens (tertiary/aromatic N) is 2. The summed E-state index contributed by atoms with van der Waals surface area (Å²) in [6, 6.07) is 2.00. The molecule has 2 aromatic heterocycles. The second kappa shape index (κ2) is 5.34. The molecule has 0 spiro atoms. The standard InChI is InChI=1S/C13H16BrN3OS/c14-9-7-10(19-8-9)11-16-12(18-17-11)13(15)5-3-1-2-4-6-13/h7-8H,1-6,15H2. The Morgan fingerprint density at radius 1 is 1.26 bits per heavy atom. The predicted octanol–water partition coefficient (Wildman–Crippen LogP) is 4.07. The Labute approximate surface area is 124 Å². The zero-order chi connectivity index (χ0) is 13.3. The van der Waals surface area contributed by atoms with E-state index in [1.165, 1.54) is 12.8 Å². The molecule has 0 saturated heterocycles. The molecule has 0 aliphatic heterocycles. The largest absolute Gasteiger partial charge is 0.337 e. The van der Waals surface area contributed by atoms with Crippen molar-refractivity contribution in [3.63, 3.8) is 0 Å². The van der Waals surface area contributed by atoms with Gasteiger partial charge in [-0.15, -0.1) is 11.3 Å². The van der Waals surface area contributed by atoms with E-state index in [1.54, 1.807) is 11.3 Å². The van der Waals surface area contributed by atoms with Crippen molar-refractivity contribution < 1.29 is 4.52 Å². The number of thiophene rings is 1. The first-order valence-corrected chi connectivity index (χ1v) is 8.22. The molecule has 0 radical (unpaired) electrons. The third-order valence-electron chi connectivity index (χ3n) is 3.64. The highest BCUT2D eigenvalue weighted by molar-refractivity contribution is 9.10. The SMILES string of the molecule is NC1(c2nc(-c3cc(Br)cs3)no2)CCCCCC1. The highest BCUT2D eigenvalue weighted by Crippen LogP contribution is 2.34. The number of hydrogen-bond donors (Lipinski definition) is 1. The maximum atomic E-state index is 6.47. The summed E-state index contributed by atoms with van der Waals surface area (Å²) in [5, 5.41) is 6.08. The van der Waals surface area contributed by atoms with Gasteiger partial charge in [-0.3, -0.25) is 0 Å². The third-order valence-corrected chi connectivity index (χ3v) is 5.32. The van der Waals surface area contributed by atoms with Gasteiger partial charge in [0, 0.05) is 9.85 Å². The minimum absolute atomic E-state index is 0.434. The Bertz CT molecular complexity index is 558. The molecule has 6 heteroatoms. The van der Waals surface area contributed by atoms with Crippen molar-refractivity contribution >= 4 is 27.3 Å². The summed E-state index contributed by atoms with van der Waals surface area (Å²) in [7, 11) is 0. The van der Waals surface area contributed by atoms with Crippen LogP contribution in [0.5, 0.6) is 0 Å². The monoisotopic (exact) mass is 341 g/mol. The van der Waals surface area contributed by atoms with Gasteiger partial charge >= 0.3 is 0 Å². The highest BCUT2D eigenvalue weighted by Gasteiger charge is 2.34. The fourth-order valence-electron chi connectivity index (χ4n) is 2.53. The van der Waals surface area contributed by atoms with Crippen LogP contribution in [0.3, 0.4) is 0 Å². The topological polar surface area (TPSA) is 64.9 Å². The van der Waals surface area contributed by atoms with Gasteiger partial charge in [0.05, 0.1) is 10.4 Å². The van der Waals surface area contributed by atoms with Crippen LogP contribution in [0, 0.1) is 0 Å². The molecule has 0 atom stereocenters. The maximum absolute atomic E-state index is 6.47. The quantitative estimate of drug-likeness (QED) is 0.836. The summed E-state index contributed by atoms with van der Waals surface area (Å²) in [5.41, 5.74) is 6.04. The van der Waals surface area contributed by atoms with Crippen LogP contribution in [0.1, 0.15) is 44.4 Å². The molecular weight excluding hydrogens is 326 g/mol. The second-order valence-corrected chi connectivity index (χ2v) is 6.95. The summed E-state index contributed by atoms with van der Waals surface area (Å²) < 4.78 is 6.47. The van der Waals surface area contributed by atoms with Crippen LogP contribution >= 0.6 is 27.3 Å². The summed E-state index contributed by atoms with van der Waals surface area (Å²) in [6.45, 7) is 0. The first kappa shape index (κ1) is 13.3. The Kier molecular flexibility index (Phi) is 3.73. The Hall–Kier alpha value is -0.720. The van der Waals surface area contributed by atoms with E-state index in [0.717, 1.165) is 35.0 Å². The lowest BCUT2D eigenvalue weighted by molar-refractivity contribution is 0.257. The fraction of sp³-hybridized carbons (Fsp3) is 0.538. The summed E-state index contributed by atoms with van der Waals surface area (Å²) in [5.74, 6) is 1.23. The molecule has 0 unspecified atom stereocenters. The number of rotatable bonds is 2. The summed E-state index contributed by atoms with van der Waals surface area (Å²) in [6.07, 6.45) is 6.64. The number of halogens is 1. The van der Waals surface area contributed by atoms with Crippen LogP contribution < -0.4 is 5.73 Å². The van der Waals surface area contributed by atoms with Gasteiger partial charge < -0.3 is 10.3 Å². The van der Waals surface area contributed by atoms with Gasteiger partial charge in [0.15, 0.2) is 0 Å². The average Bonchev–Trinajstić information content (AvgIpc) is 2.97. The van der Waals surface area contributed by atoms with E-state index in [2.05, 4.69) is 26.1 Å². The van der Waals surface area contributed by atoms with Crippen molar-refractivity contribution in [2.75, 3.05) is 0 Å². The van der Waals surface area contributed by atoms with E-state index in [-0.39, 0.29) is 0 Å². The normalized spacial score (nSPS) is 19.3. The molecule has 2 aromatic rings. The van der Waals surface area contributed by atoms with Gasteiger partial charge in [0.25, 0.3) is 0 Å². The van der Waals surface area contributed by atoms with Gasteiger partial charge in [-0.2, -0.15) is 4.98 Å². The fourth-order valence-corrected chi connectivity index (χ4v) is 3.88. The number of nitrogens with two attached hydrogens (primary N) is 1. The van der Waals surface area contributed by atoms with E-state index < -0.39 is 5.54 Å². The van der Waals surface area contributed by atoms with Gasteiger partial charge in [0.2, 0.25) is 11.7 Å². The molecule has 102 valence electrons. The maximum Gasteiger partial charge on any atom is 0.247 e. The average molecular weight is 342 g/mol. The molecule has 2 heterocycles.